The molecule has 2 heterocycles. The molecule has 0 radical (unpaired) electrons. The minimum absolute atomic E-state index is 0.188. The maximum absolute atomic E-state index is 9.88. The predicted molar refractivity (Wildman–Crippen MR) is 78.9 cm³/mol. The molecule has 20 heavy (non-hydrogen) atoms. The molecular weight excluding hydrogens is 276 g/mol. The lowest BCUT2D eigenvalue weighted by Gasteiger charge is -2.38. The summed E-state index contributed by atoms with van der Waals surface area (Å²) in [6, 6.07) is 8.25. The van der Waals surface area contributed by atoms with Gasteiger partial charge in [0.25, 0.3) is 0 Å². The molecule has 5 heteroatoms. The van der Waals surface area contributed by atoms with E-state index in [-0.39, 0.29) is 12.1 Å². The summed E-state index contributed by atoms with van der Waals surface area (Å²) in [4.78, 5) is 4.80. The van der Waals surface area contributed by atoms with E-state index in [9.17, 15) is 5.11 Å². The second-order valence-electron chi connectivity index (χ2n) is 5.61. The van der Waals surface area contributed by atoms with Crippen molar-refractivity contribution in [1.29, 1.82) is 0 Å². The fourth-order valence-corrected chi connectivity index (χ4v) is 3.11. The fourth-order valence-electron chi connectivity index (χ4n) is 2.98. The normalized spacial score (nSPS) is 28.9. The van der Waals surface area contributed by atoms with Gasteiger partial charge >= 0.3 is 0 Å². The van der Waals surface area contributed by atoms with Gasteiger partial charge < -0.3 is 9.84 Å². The third-order valence-electron chi connectivity index (χ3n) is 4.22. The Balaban J connectivity index is 1.49. The zero-order chi connectivity index (χ0) is 13.9. The van der Waals surface area contributed by atoms with Crippen molar-refractivity contribution < 1.29 is 9.84 Å². The van der Waals surface area contributed by atoms with Crippen LogP contribution in [0.25, 0.3) is 0 Å². The van der Waals surface area contributed by atoms with E-state index in [0.717, 1.165) is 37.7 Å². The molecule has 1 aromatic carbocycles. The molecule has 2 atom stereocenters. The SMILES string of the molecule is O[C@@H]1COC[C@H]1N1CCN(Cc2ccc(Cl)cc2)CC1. The van der Waals surface area contributed by atoms with E-state index in [1.807, 2.05) is 12.1 Å². The van der Waals surface area contributed by atoms with Crippen molar-refractivity contribution in [1.82, 2.24) is 9.80 Å². The van der Waals surface area contributed by atoms with E-state index in [1.165, 1.54) is 5.56 Å². The molecule has 2 fully saturated rings. The summed E-state index contributed by atoms with van der Waals surface area (Å²) in [5.74, 6) is 0. The molecule has 0 saturated carbocycles. The topological polar surface area (TPSA) is 35.9 Å². The van der Waals surface area contributed by atoms with E-state index < -0.39 is 0 Å². The van der Waals surface area contributed by atoms with Gasteiger partial charge in [-0.25, -0.2) is 0 Å². The van der Waals surface area contributed by atoms with Crippen molar-refractivity contribution in [2.24, 2.45) is 0 Å². The highest BCUT2D eigenvalue weighted by Gasteiger charge is 2.33. The Morgan fingerprint density at radius 2 is 1.80 bits per heavy atom. The van der Waals surface area contributed by atoms with Gasteiger partial charge in [-0.3, -0.25) is 9.80 Å². The standard InChI is InChI=1S/C15H21ClN2O2/c16-13-3-1-12(2-4-13)9-17-5-7-18(8-6-17)14-10-20-11-15(14)19/h1-4,14-15,19H,5-11H2/t14-,15-/m1/s1. The van der Waals surface area contributed by atoms with Crippen LogP contribution in [0, 0.1) is 0 Å². The molecular formula is C15H21ClN2O2. The second-order valence-corrected chi connectivity index (χ2v) is 6.05. The van der Waals surface area contributed by atoms with Crippen molar-refractivity contribution in [2.75, 3.05) is 39.4 Å². The van der Waals surface area contributed by atoms with Gasteiger partial charge in [-0.05, 0) is 17.7 Å². The van der Waals surface area contributed by atoms with Crippen LogP contribution in [0.5, 0.6) is 0 Å². The van der Waals surface area contributed by atoms with E-state index in [2.05, 4.69) is 21.9 Å². The van der Waals surface area contributed by atoms with E-state index in [1.54, 1.807) is 0 Å². The summed E-state index contributed by atoms with van der Waals surface area (Å²) >= 11 is 5.90. The van der Waals surface area contributed by atoms with Crippen LogP contribution in [0.3, 0.4) is 0 Å². The Hall–Kier alpha value is -0.650. The first-order valence-corrected chi connectivity index (χ1v) is 7.57. The predicted octanol–water partition coefficient (Wildman–Crippen LogP) is 1.22. The molecule has 1 aromatic rings. The Morgan fingerprint density at radius 1 is 1.10 bits per heavy atom. The maximum Gasteiger partial charge on any atom is 0.0950 e. The van der Waals surface area contributed by atoms with Crippen LogP contribution in [-0.4, -0.2) is 66.4 Å². The van der Waals surface area contributed by atoms with Crippen molar-refractivity contribution in [3.05, 3.63) is 34.9 Å². The number of rotatable bonds is 3. The summed E-state index contributed by atoms with van der Waals surface area (Å²) in [6.07, 6.45) is -0.321. The molecule has 0 aromatic heterocycles. The fraction of sp³-hybridized carbons (Fsp3) is 0.600. The minimum atomic E-state index is -0.321. The number of benzene rings is 1. The minimum Gasteiger partial charge on any atom is -0.389 e. The van der Waals surface area contributed by atoms with Crippen molar-refractivity contribution >= 4 is 11.6 Å². The second kappa shape index (κ2) is 6.41. The van der Waals surface area contributed by atoms with E-state index in [4.69, 9.17) is 16.3 Å². The molecule has 2 aliphatic heterocycles. The van der Waals surface area contributed by atoms with Crippen LogP contribution < -0.4 is 0 Å². The van der Waals surface area contributed by atoms with Crippen LogP contribution in [0.4, 0.5) is 0 Å². The summed E-state index contributed by atoms with van der Waals surface area (Å²) < 4.78 is 5.34. The van der Waals surface area contributed by atoms with Gasteiger partial charge in [0.15, 0.2) is 0 Å². The number of aliphatic hydroxyl groups is 1. The third-order valence-corrected chi connectivity index (χ3v) is 4.47. The first-order chi connectivity index (χ1) is 9.72. The quantitative estimate of drug-likeness (QED) is 0.910. The molecule has 2 saturated heterocycles. The number of nitrogens with zero attached hydrogens (tertiary/aromatic N) is 2. The Kier molecular flexibility index (Phi) is 4.58. The van der Waals surface area contributed by atoms with Gasteiger partial charge in [0, 0.05) is 37.7 Å². The van der Waals surface area contributed by atoms with Gasteiger partial charge in [-0.15, -0.1) is 0 Å². The van der Waals surface area contributed by atoms with Crippen LogP contribution >= 0.6 is 11.6 Å². The monoisotopic (exact) mass is 296 g/mol. The number of hydrogen-bond acceptors (Lipinski definition) is 4. The molecule has 0 bridgehead atoms. The molecule has 2 aliphatic rings. The van der Waals surface area contributed by atoms with Gasteiger partial charge in [0.05, 0.1) is 25.4 Å². The van der Waals surface area contributed by atoms with Gasteiger partial charge in [-0.1, -0.05) is 23.7 Å². The van der Waals surface area contributed by atoms with Crippen LogP contribution in [-0.2, 0) is 11.3 Å². The Labute approximate surface area is 124 Å². The van der Waals surface area contributed by atoms with Crippen molar-refractivity contribution in [3.8, 4) is 0 Å². The van der Waals surface area contributed by atoms with Crippen LogP contribution in [0.2, 0.25) is 5.02 Å². The number of ether oxygens (including phenoxy) is 1. The molecule has 0 spiro atoms. The molecule has 0 unspecified atom stereocenters. The zero-order valence-corrected chi connectivity index (χ0v) is 12.3. The number of halogens is 1. The van der Waals surface area contributed by atoms with E-state index in [0.29, 0.717) is 13.2 Å². The lowest BCUT2D eigenvalue weighted by atomic mass is 10.1. The number of hydrogen-bond donors (Lipinski definition) is 1. The molecule has 110 valence electrons. The lowest BCUT2D eigenvalue weighted by molar-refractivity contribution is 0.0422. The molecule has 0 amide bonds. The van der Waals surface area contributed by atoms with E-state index >= 15 is 0 Å². The van der Waals surface area contributed by atoms with Crippen LogP contribution in [0.1, 0.15) is 5.56 Å². The molecule has 3 rings (SSSR count). The summed E-state index contributed by atoms with van der Waals surface area (Å²) in [5, 5.41) is 10.7. The highest BCUT2D eigenvalue weighted by Crippen LogP contribution is 2.17. The van der Waals surface area contributed by atoms with Gasteiger partial charge in [-0.2, -0.15) is 0 Å². The molecule has 0 aliphatic carbocycles. The molecule has 4 nitrogen and oxygen atoms in total. The Morgan fingerprint density at radius 3 is 2.40 bits per heavy atom. The maximum atomic E-state index is 9.88. The average molecular weight is 297 g/mol. The largest absolute Gasteiger partial charge is 0.389 e. The van der Waals surface area contributed by atoms with Crippen LogP contribution in [0.15, 0.2) is 24.3 Å². The highest BCUT2D eigenvalue weighted by atomic mass is 35.5. The number of piperazine rings is 1. The van der Waals surface area contributed by atoms with Gasteiger partial charge in [0.1, 0.15) is 0 Å². The van der Waals surface area contributed by atoms with Crippen molar-refractivity contribution in [3.63, 3.8) is 0 Å². The molecule has 1 N–H and O–H groups in total. The Bertz CT molecular complexity index is 432. The van der Waals surface area contributed by atoms with Gasteiger partial charge in [0.2, 0.25) is 0 Å². The average Bonchev–Trinajstić information content (AvgIpc) is 2.89. The van der Waals surface area contributed by atoms with Crippen molar-refractivity contribution in [2.45, 2.75) is 18.7 Å². The highest BCUT2D eigenvalue weighted by molar-refractivity contribution is 6.30. The summed E-state index contributed by atoms with van der Waals surface area (Å²) in [5.41, 5.74) is 1.30. The summed E-state index contributed by atoms with van der Waals surface area (Å²) in [7, 11) is 0. The smallest absolute Gasteiger partial charge is 0.0950 e. The number of aliphatic hydroxyl groups excluding tert-OH is 1. The lowest BCUT2D eigenvalue weighted by Crippen LogP contribution is -2.53. The first kappa shape index (κ1) is 14.3. The third kappa shape index (κ3) is 3.32. The summed E-state index contributed by atoms with van der Waals surface area (Å²) in [6.45, 7) is 6.18. The zero-order valence-electron chi connectivity index (χ0n) is 11.5. The first-order valence-electron chi connectivity index (χ1n) is 7.19.